The smallest absolute Gasteiger partial charge is 0.226 e. The van der Waals surface area contributed by atoms with E-state index in [0.29, 0.717) is 13.0 Å². The Bertz CT molecular complexity index is 2200. The van der Waals surface area contributed by atoms with Crippen LogP contribution in [0.1, 0.15) is 19.3 Å². The number of rotatable bonds is 7. The predicted molar refractivity (Wildman–Crippen MR) is 199 cm³/mol. The van der Waals surface area contributed by atoms with Crippen LogP contribution in [0.2, 0.25) is 0 Å². The van der Waals surface area contributed by atoms with Crippen LogP contribution < -0.4 is 4.90 Å². The third-order valence-corrected chi connectivity index (χ3v) is 9.36. The summed E-state index contributed by atoms with van der Waals surface area (Å²) >= 11 is 0. The zero-order valence-corrected chi connectivity index (χ0v) is 27.0. The highest BCUT2D eigenvalue weighted by atomic mass is 16.2. The van der Waals surface area contributed by atoms with Gasteiger partial charge < -0.3 is 4.90 Å². The van der Waals surface area contributed by atoms with E-state index in [0.717, 1.165) is 85.3 Å². The number of carbonyl (C=O) groups excluding carboxylic acids is 1. The fourth-order valence-electron chi connectivity index (χ4n) is 6.73. The summed E-state index contributed by atoms with van der Waals surface area (Å²) in [6.07, 6.45) is 13.4. The van der Waals surface area contributed by atoms with Gasteiger partial charge in [0.25, 0.3) is 0 Å². The molecule has 1 aliphatic rings. The van der Waals surface area contributed by atoms with Crippen LogP contribution in [0.4, 0.5) is 5.69 Å². The zero-order chi connectivity index (χ0) is 33.0. The summed E-state index contributed by atoms with van der Waals surface area (Å²) in [4.78, 5) is 28.2. The molecule has 1 fully saturated rings. The molecule has 1 aliphatic heterocycles. The predicted octanol–water partition coefficient (Wildman–Crippen LogP) is 10.4. The van der Waals surface area contributed by atoms with Gasteiger partial charge in [-0.1, -0.05) is 78.9 Å². The van der Waals surface area contributed by atoms with Crippen molar-refractivity contribution in [2.45, 2.75) is 19.3 Å². The molecule has 0 unspecified atom stereocenters. The summed E-state index contributed by atoms with van der Waals surface area (Å²) in [5.74, 6) is 0.174. The van der Waals surface area contributed by atoms with Crippen LogP contribution in [0.3, 0.4) is 0 Å². The number of aromatic nitrogens is 3. The molecule has 0 spiro atoms. The van der Waals surface area contributed by atoms with E-state index < -0.39 is 0 Å². The lowest BCUT2D eigenvalue weighted by molar-refractivity contribution is -0.119. The Kier molecular flexibility index (Phi) is 8.31. The Labute approximate surface area is 286 Å². The van der Waals surface area contributed by atoms with Crippen LogP contribution in [-0.4, -0.2) is 27.4 Å². The first kappa shape index (κ1) is 30.2. The van der Waals surface area contributed by atoms with E-state index in [1.54, 1.807) is 6.20 Å². The summed E-state index contributed by atoms with van der Waals surface area (Å²) in [6, 6.07) is 42.7. The molecule has 1 saturated heterocycles. The molecule has 5 heteroatoms. The van der Waals surface area contributed by atoms with Crippen molar-refractivity contribution < 1.29 is 4.79 Å². The number of hydrogen-bond donors (Lipinski definition) is 0. The maximum atomic E-state index is 13.5. The molecule has 4 heterocycles. The van der Waals surface area contributed by atoms with E-state index in [1.807, 2.05) is 66.2 Å². The molecule has 8 rings (SSSR count). The lowest BCUT2D eigenvalue weighted by atomic mass is 9.87. The molecular formula is C44H34N4O. The van der Waals surface area contributed by atoms with E-state index in [4.69, 9.17) is 0 Å². The lowest BCUT2D eigenvalue weighted by Crippen LogP contribution is -2.35. The SMILES string of the molecule is O=C1CCCCN1c1cc(-c2ccc(-c3cccnc3)cc2)c(-c2ccc(-c3ccncc3)cc2)cc1-c1ccc(-c2ccncc2)cc1. The molecule has 1 amide bonds. The first-order valence-corrected chi connectivity index (χ1v) is 16.7. The standard InChI is InChI=1S/C44H34N4O/c49-44-5-1-2-27-48(44)43-29-41(37-14-10-33(11-15-37)39-4-3-22-47-30-39)40(36-12-6-31(7-13-36)34-18-23-45-24-19-34)28-42(43)38-16-8-32(9-17-38)35-20-25-46-26-21-35/h3-4,6-26,28-30H,1-2,5,27H2. The second-order valence-electron chi connectivity index (χ2n) is 12.4. The van der Waals surface area contributed by atoms with E-state index in [1.165, 1.54) is 0 Å². The molecule has 0 saturated carbocycles. The number of carbonyl (C=O) groups is 1. The second kappa shape index (κ2) is 13.5. The van der Waals surface area contributed by atoms with Crippen molar-refractivity contribution in [3.8, 4) is 66.8 Å². The molecule has 0 aliphatic carbocycles. The third kappa shape index (κ3) is 6.27. The van der Waals surface area contributed by atoms with E-state index in [9.17, 15) is 4.79 Å². The van der Waals surface area contributed by atoms with Crippen LogP contribution in [0.15, 0.2) is 159 Å². The minimum absolute atomic E-state index is 0.174. The van der Waals surface area contributed by atoms with Crippen LogP contribution in [-0.2, 0) is 4.79 Å². The van der Waals surface area contributed by atoms with E-state index in [-0.39, 0.29) is 5.91 Å². The quantitative estimate of drug-likeness (QED) is 0.175. The van der Waals surface area contributed by atoms with Gasteiger partial charge in [-0.2, -0.15) is 0 Å². The van der Waals surface area contributed by atoms with Crippen molar-refractivity contribution in [3.63, 3.8) is 0 Å². The highest BCUT2D eigenvalue weighted by Gasteiger charge is 2.25. The average molecular weight is 635 g/mol. The minimum atomic E-state index is 0.174. The van der Waals surface area contributed by atoms with Crippen LogP contribution in [0.5, 0.6) is 0 Å². The van der Waals surface area contributed by atoms with Gasteiger partial charge in [0.15, 0.2) is 0 Å². The van der Waals surface area contributed by atoms with Crippen molar-refractivity contribution in [2.75, 3.05) is 11.4 Å². The number of nitrogens with zero attached hydrogens (tertiary/aromatic N) is 4. The minimum Gasteiger partial charge on any atom is -0.312 e. The molecule has 236 valence electrons. The van der Waals surface area contributed by atoms with Crippen molar-refractivity contribution >= 4 is 11.6 Å². The number of piperidine rings is 1. The number of anilines is 1. The summed E-state index contributed by atoms with van der Waals surface area (Å²) in [5.41, 5.74) is 14.1. The normalized spacial score (nSPS) is 13.0. The molecule has 0 radical (unpaired) electrons. The maximum Gasteiger partial charge on any atom is 0.226 e. The highest BCUT2D eigenvalue weighted by Crippen LogP contribution is 2.44. The summed E-state index contributed by atoms with van der Waals surface area (Å²) in [5, 5.41) is 0. The molecule has 5 nitrogen and oxygen atoms in total. The maximum absolute atomic E-state index is 13.5. The molecule has 49 heavy (non-hydrogen) atoms. The van der Waals surface area contributed by atoms with Crippen molar-refractivity contribution in [1.82, 2.24) is 15.0 Å². The molecule has 4 aromatic carbocycles. The van der Waals surface area contributed by atoms with Crippen molar-refractivity contribution in [3.05, 3.63) is 159 Å². The molecule has 0 atom stereocenters. The van der Waals surface area contributed by atoms with Gasteiger partial charge in [-0.25, -0.2) is 0 Å². The molecule has 7 aromatic rings. The number of benzene rings is 4. The van der Waals surface area contributed by atoms with Crippen molar-refractivity contribution in [2.24, 2.45) is 0 Å². The Balaban J connectivity index is 1.30. The fourth-order valence-corrected chi connectivity index (χ4v) is 6.73. The largest absolute Gasteiger partial charge is 0.312 e. The van der Waals surface area contributed by atoms with Crippen LogP contribution in [0, 0.1) is 0 Å². The third-order valence-electron chi connectivity index (χ3n) is 9.36. The van der Waals surface area contributed by atoms with Gasteiger partial charge in [0.2, 0.25) is 5.91 Å². The number of hydrogen-bond acceptors (Lipinski definition) is 4. The Morgan fingerprint density at radius 1 is 0.429 bits per heavy atom. The van der Waals surface area contributed by atoms with Gasteiger partial charge in [-0.05, 0) is 117 Å². The summed E-state index contributed by atoms with van der Waals surface area (Å²) < 4.78 is 0. The Hall–Kier alpha value is -6.20. The Morgan fingerprint density at radius 3 is 1.41 bits per heavy atom. The molecule has 0 N–H and O–H groups in total. The van der Waals surface area contributed by atoms with Gasteiger partial charge in [0, 0.05) is 55.7 Å². The van der Waals surface area contributed by atoms with Crippen molar-refractivity contribution in [1.29, 1.82) is 0 Å². The van der Waals surface area contributed by atoms with E-state index >= 15 is 0 Å². The lowest BCUT2D eigenvalue weighted by Gasteiger charge is -2.30. The highest BCUT2D eigenvalue weighted by molar-refractivity contribution is 6.02. The first-order valence-electron chi connectivity index (χ1n) is 16.7. The van der Waals surface area contributed by atoms with Gasteiger partial charge in [0.05, 0.1) is 5.69 Å². The zero-order valence-electron chi connectivity index (χ0n) is 27.0. The Morgan fingerprint density at radius 2 is 0.898 bits per heavy atom. The van der Waals surface area contributed by atoms with Gasteiger partial charge in [-0.3, -0.25) is 19.7 Å². The molecule has 0 bridgehead atoms. The number of amides is 1. The van der Waals surface area contributed by atoms with Gasteiger partial charge in [-0.15, -0.1) is 0 Å². The molecule has 3 aromatic heterocycles. The monoisotopic (exact) mass is 634 g/mol. The summed E-state index contributed by atoms with van der Waals surface area (Å²) in [6.45, 7) is 0.709. The first-order chi connectivity index (χ1) is 24.2. The van der Waals surface area contributed by atoms with Crippen LogP contribution >= 0.6 is 0 Å². The van der Waals surface area contributed by atoms with Gasteiger partial charge in [0.1, 0.15) is 0 Å². The van der Waals surface area contributed by atoms with Gasteiger partial charge >= 0.3 is 0 Å². The average Bonchev–Trinajstić information content (AvgIpc) is 3.19. The summed E-state index contributed by atoms with van der Waals surface area (Å²) in [7, 11) is 0. The molecular weight excluding hydrogens is 601 g/mol. The second-order valence-corrected chi connectivity index (χ2v) is 12.4. The van der Waals surface area contributed by atoms with E-state index in [2.05, 4.69) is 106 Å². The topological polar surface area (TPSA) is 59.0 Å². The van der Waals surface area contributed by atoms with Crippen LogP contribution in [0.25, 0.3) is 66.8 Å². The number of pyridine rings is 3. The fraction of sp³-hybridized carbons (Fsp3) is 0.0909.